The van der Waals surface area contributed by atoms with E-state index in [4.69, 9.17) is 16.7 Å². The van der Waals surface area contributed by atoms with Crippen LogP contribution in [-0.4, -0.2) is 33.7 Å². The number of aromatic carboxylic acids is 1. The zero-order chi connectivity index (χ0) is 10.9. The minimum Gasteiger partial charge on any atom is -0.476 e. The monoisotopic (exact) mass is 218 g/mol. The average Bonchev–Trinajstić information content (AvgIpc) is 2.42. The number of carboxylic acids is 1. The first-order valence-corrected chi connectivity index (χ1v) is 3.90. The molecule has 0 aliphatic rings. The van der Waals surface area contributed by atoms with Gasteiger partial charge in [-0.2, -0.15) is 0 Å². The molecule has 0 radical (unpaired) electrons. The normalized spacial score (nSPS) is 9.93. The van der Waals surface area contributed by atoms with Crippen LogP contribution in [0.5, 0.6) is 0 Å². The van der Waals surface area contributed by atoms with Crippen molar-refractivity contribution in [1.29, 1.82) is 0 Å². The lowest BCUT2D eigenvalue weighted by atomic mass is 10.3. The van der Waals surface area contributed by atoms with Crippen molar-refractivity contribution in [2.24, 2.45) is 7.05 Å². The molecule has 0 aromatic carbocycles. The summed E-state index contributed by atoms with van der Waals surface area (Å²) in [5, 5.41) is 8.70. The Morgan fingerprint density at radius 3 is 2.57 bits per heavy atom. The summed E-state index contributed by atoms with van der Waals surface area (Å²) >= 11 is 5.56. The first kappa shape index (κ1) is 10.5. The molecule has 0 spiro atoms. The Morgan fingerprint density at radius 1 is 1.57 bits per heavy atom. The van der Waals surface area contributed by atoms with Gasteiger partial charge in [-0.25, -0.2) is 14.6 Å². The summed E-state index contributed by atoms with van der Waals surface area (Å²) in [4.78, 5) is 25.4. The Kier molecular flexibility index (Phi) is 2.76. The van der Waals surface area contributed by atoms with Crippen LogP contribution in [0.3, 0.4) is 0 Å². The van der Waals surface area contributed by atoms with Gasteiger partial charge in [0.05, 0.1) is 7.11 Å². The maximum atomic E-state index is 11.1. The van der Waals surface area contributed by atoms with Crippen LogP contribution in [0, 0.1) is 0 Å². The Balaban J connectivity index is 3.36. The Labute approximate surface area is 84.1 Å². The number of hydrogen-bond acceptors (Lipinski definition) is 4. The van der Waals surface area contributed by atoms with Crippen LogP contribution in [-0.2, 0) is 11.8 Å². The van der Waals surface area contributed by atoms with Crippen molar-refractivity contribution in [3.63, 3.8) is 0 Å². The van der Waals surface area contributed by atoms with Crippen LogP contribution in [0.25, 0.3) is 0 Å². The number of hydrogen-bond donors (Lipinski definition) is 1. The van der Waals surface area contributed by atoms with E-state index in [0.29, 0.717) is 0 Å². The molecule has 1 aromatic rings. The highest BCUT2D eigenvalue weighted by Crippen LogP contribution is 2.15. The summed E-state index contributed by atoms with van der Waals surface area (Å²) in [6.07, 6.45) is 0. The number of carbonyl (C=O) groups excluding carboxylic acids is 1. The first-order valence-electron chi connectivity index (χ1n) is 3.52. The number of ether oxygens (including phenoxy) is 1. The van der Waals surface area contributed by atoms with E-state index in [1.165, 1.54) is 7.05 Å². The van der Waals surface area contributed by atoms with E-state index in [9.17, 15) is 9.59 Å². The van der Waals surface area contributed by atoms with Crippen molar-refractivity contribution >= 4 is 23.5 Å². The van der Waals surface area contributed by atoms with Gasteiger partial charge in [0.25, 0.3) is 0 Å². The average molecular weight is 219 g/mol. The lowest BCUT2D eigenvalue weighted by Gasteiger charge is -1.98. The predicted molar refractivity (Wildman–Crippen MR) is 46.5 cm³/mol. The summed E-state index contributed by atoms with van der Waals surface area (Å²) in [6, 6.07) is 0. The third-order valence-electron chi connectivity index (χ3n) is 1.62. The van der Waals surface area contributed by atoms with Gasteiger partial charge in [-0.15, -0.1) is 0 Å². The maximum Gasteiger partial charge on any atom is 0.359 e. The van der Waals surface area contributed by atoms with E-state index < -0.39 is 11.9 Å². The van der Waals surface area contributed by atoms with Gasteiger partial charge in [0.2, 0.25) is 5.28 Å². The summed E-state index contributed by atoms with van der Waals surface area (Å²) < 4.78 is 5.45. The summed E-state index contributed by atoms with van der Waals surface area (Å²) in [6.45, 7) is 0. The Hall–Kier alpha value is -1.56. The van der Waals surface area contributed by atoms with Crippen LogP contribution >= 0.6 is 11.6 Å². The van der Waals surface area contributed by atoms with E-state index in [1.54, 1.807) is 0 Å². The highest BCUT2D eigenvalue weighted by atomic mass is 35.5. The molecule has 0 saturated heterocycles. The number of nitrogens with zero attached hydrogens (tertiary/aromatic N) is 2. The number of halogens is 1. The zero-order valence-corrected chi connectivity index (χ0v) is 8.20. The lowest BCUT2D eigenvalue weighted by molar-refractivity contribution is 0.0574. The fourth-order valence-corrected chi connectivity index (χ4v) is 1.12. The molecule has 0 saturated carbocycles. The van der Waals surface area contributed by atoms with Crippen molar-refractivity contribution in [2.45, 2.75) is 0 Å². The number of carbonyl (C=O) groups is 2. The highest BCUT2D eigenvalue weighted by molar-refractivity contribution is 6.29. The van der Waals surface area contributed by atoms with Crippen LogP contribution in [0.4, 0.5) is 0 Å². The van der Waals surface area contributed by atoms with Gasteiger partial charge >= 0.3 is 11.9 Å². The molecular formula is C7H7ClN2O4. The van der Waals surface area contributed by atoms with E-state index in [0.717, 1.165) is 11.7 Å². The molecule has 0 atom stereocenters. The van der Waals surface area contributed by atoms with Crippen molar-refractivity contribution in [1.82, 2.24) is 9.55 Å². The molecule has 0 aliphatic carbocycles. The van der Waals surface area contributed by atoms with Crippen molar-refractivity contribution < 1.29 is 19.4 Å². The molecule has 76 valence electrons. The molecule has 7 heteroatoms. The maximum absolute atomic E-state index is 11.1. The second kappa shape index (κ2) is 3.67. The fraction of sp³-hybridized carbons (Fsp3) is 0.286. The number of methoxy groups -OCH3 is 1. The van der Waals surface area contributed by atoms with E-state index in [-0.39, 0.29) is 16.7 Å². The van der Waals surface area contributed by atoms with Crippen LogP contribution < -0.4 is 0 Å². The number of aromatic nitrogens is 2. The molecule has 1 rings (SSSR count). The van der Waals surface area contributed by atoms with E-state index in [1.807, 2.05) is 0 Å². The molecule has 0 aliphatic heterocycles. The quantitative estimate of drug-likeness (QED) is 0.734. The van der Waals surface area contributed by atoms with Crippen LogP contribution in [0.1, 0.15) is 21.0 Å². The largest absolute Gasteiger partial charge is 0.476 e. The van der Waals surface area contributed by atoms with Gasteiger partial charge in [0.1, 0.15) is 0 Å². The summed E-state index contributed by atoms with van der Waals surface area (Å²) in [5.74, 6) is -2.11. The van der Waals surface area contributed by atoms with Gasteiger partial charge in [0, 0.05) is 7.05 Å². The van der Waals surface area contributed by atoms with E-state index >= 15 is 0 Å². The van der Waals surface area contributed by atoms with Gasteiger partial charge in [-0.3, -0.25) is 0 Å². The van der Waals surface area contributed by atoms with Gasteiger partial charge in [-0.1, -0.05) is 0 Å². The predicted octanol–water partition coefficient (Wildman–Crippen LogP) is 0.558. The SMILES string of the molecule is COC(=O)c1nc(Cl)n(C)c1C(=O)O. The molecule has 1 N–H and O–H groups in total. The Bertz CT molecular complexity index is 399. The third-order valence-corrected chi connectivity index (χ3v) is 1.96. The molecule has 0 fully saturated rings. The van der Waals surface area contributed by atoms with Gasteiger partial charge in [0.15, 0.2) is 11.4 Å². The third kappa shape index (κ3) is 1.56. The zero-order valence-electron chi connectivity index (χ0n) is 7.44. The molecule has 6 nitrogen and oxygen atoms in total. The number of rotatable bonds is 2. The topological polar surface area (TPSA) is 81.4 Å². The fourth-order valence-electron chi connectivity index (χ4n) is 0.955. The second-order valence-electron chi connectivity index (χ2n) is 2.43. The standard InChI is InChI=1S/C7H7ClN2O4/c1-10-4(5(11)12)3(6(13)14-2)9-7(10)8/h1-2H3,(H,11,12). The molecule has 1 aromatic heterocycles. The molecule has 0 unspecified atom stereocenters. The Morgan fingerprint density at radius 2 is 2.14 bits per heavy atom. The van der Waals surface area contributed by atoms with Crippen molar-refractivity contribution in [3.8, 4) is 0 Å². The van der Waals surface area contributed by atoms with Crippen molar-refractivity contribution in [3.05, 3.63) is 16.7 Å². The molecule has 0 amide bonds. The number of esters is 1. The van der Waals surface area contributed by atoms with Crippen LogP contribution in [0.2, 0.25) is 5.28 Å². The van der Waals surface area contributed by atoms with Gasteiger partial charge < -0.3 is 14.4 Å². The minimum atomic E-state index is -1.28. The van der Waals surface area contributed by atoms with Crippen LogP contribution in [0.15, 0.2) is 0 Å². The van der Waals surface area contributed by atoms with E-state index in [2.05, 4.69) is 9.72 Å². The number of imidazole rings is 1. The van der Waals surface area contributed by atoms with Crippen molar-refractivity contribution in [2.75, 3.05) is 7.11 Å². The smallest absolute Gasteiger partial charge is 0.359 e. The molecular weight excluding hydrogens is 212 g/mol. The lowest BCUT2D eigenvalue weighted by Crippen LogP contribution is -2.12. The summed E-state index contributed by atoms with van der Waals surface area (Å²) in [7, 11) is 2.53. The first-order chi connectivity index (χ1) is 6.49. The molecule has 14 heavy (non-hydrogen) atoms. The highest BCUT2D eigenvalue weighted by Gasteiger charge is 2.25. The molecule has 0 bridgehead atoms. The molecule has 1 heterocycles. The minimum absolute atomic E-state index is 0.0807. The second-order valence-corrected chi connectivity index (χ2v) is 2.77. The number of carboxylic acid groups (broad SMARTS) is 1. The van der Waals surface area contributed by atoms with Gasteiger partial charge in [-0.05, 0) is 11.6 Å². The summed E-state index contributed by atoms with van der Waals surface area (Å²) in [5.41, 5.74) is -0.589.